The molecule has 1 aliphatic carbocycles. The second-order valence-electron chi connectivity index (χ2n) is 9.11. The van der Waals surface area contributed by atoms with Gasteiger partial charge in [0.25, 0.3) is 11.8 Å². The number of hydrogen-bond acceptors (Lipinski definition) is 3. The molecule has 0 radical (unpaired) electrons. The Morgan fingerprint density at radius 2 is 1.93 bits per heavy atom. The molecule has 0 spiro atoms. The first-order valence-electron chi connectivity index (χ1n) is 10.1. The topological polar surface area (TPSA) is 58.2 Å². The molecule has 1 aromatic heterocycles. The normalized spacial score (nSPS) is 16.4. The van der Waals surface area contributed by atoms with Crippen LogP contribution in [0.15, 0.2) is 24.3 Å². The molecule has 1 atom stereocenters. The lowest BCUT2D eigenvalue weighted by atomic mass is 9.72. The van der Waals surface area contributed by atoms with Gasteiger partial charge in [0.05, 0.1) is 5.56 Å². The molecule has 1 unspecified atom stereocenters. The highest BCUT2D eigenvalue weighted by atomic mass is 35.5. The number of benzene rings is 1. The lowest BCUT2D eigenvalue weighted by molar-refractivity contribution is 0.0943. The van der Waals surface area contributed by atoms with Crippen molar-refractivity contribution in [2.45, 2.75) is 59.9 Å². The highest BCUT2D eigenvalue weighted by Gasteiger charge is 2.34. The molecule has 1 heterocycles. The van der Waals surface area contributed by atoms with E-state index in [2.05, 4.69) is 31.4 Å². The third-order valence-corrected chi connectivity index (χ3v) is 6.86. The third-order valence-electron chi connectivity index (χ3n) is 5.45. The number of hydrogen-bond donors (Lipinski definition) is 2. The van der Waals surface area contributed by atoms with Crippen molar-refractivity contribution in [2.24, 2.45) is 11.3 Å². The summed E-state index contributed by atoms with van der Waals surface area (Å²) < 4.78 is 0. The molecule has 4 nitrogen and oxygen atoms in total. The molecule has 2 aromatic rings. The molecule has 0 aliphatic heterocycles. The summed E-state index contributed by atoms with van der Waals surface area (Å²) in [5.74, 6) is 0.191. The van der Waals surface area contributed by atoms with Crippen molar-refractivity contribution >= 4 is 39.8 Å². The molecule has 156 valence electrons. The van der Waals surface area contributed by atoms with Crippen LogP contribution in [0.3, 0.4) is 0 Å². The van der Waals surface area contributed by atoms with Gasteiger partial charge in [0, 0.05) is 21.5 Å². The second-order valence-corrected chi connectivity index (χ2v) is 10.6. The monoisotopic (exact) mass is 432 g/mol. The first-order valence-corrected chi connectivity index (χ1v) is 11.3. The molecule has 29 heavy (non-hydrogen) atoms. The maximum Gasteiger partial charge on any atom is 0.256 e. The SMILES string of the molecule is CC(C)NC(=O)c1c(NC(=O)c2cccc(Cl)c2)sc2c1CCC(C(C)(C)C)C2. The van der Waals surface area contributed by atoms with Crippen LogP contribution in [-0.4, -0.2) is 17.9 Å². The molecular weight excluding hydrogens is 404 g/mol. The summed E-state index contributed by atoms with van der Waals surface area (Å²) >= 11 is 7.57. The summed E-state index contributed by atoms with van der Waals surface area (Å²) in [6.45, 7) is 10.7. The third kappa shape index (κ3) is 5.01. The number of carbonyl (C=O) groups is 2. The van der Waals surface area contributed by atoms with Crippen LogP contribution in [0.5, 0.6) is 0 Å². The van der Waals surface area contributed by atoms with E-state index >= 15 is 0 Å². The average molecular weight is 433 g/mol. The number of anilines is 1. The van der Waals surface area contributed by atoms with Gasteiger partial charge in [-0.05, 0) is 68.2 Å². The van der Waals surface area contributed by atoms with Gasteiger partial charge in [-0.1, -0.05) is 38.4 Å². The molecule has 3 rings (SSSR count). The standard InChI is InChI=1S/C23H29ClN2O2S/c1-13(2)25-21(28)19-17-10-9-15(23(3,4)5)12-18(17)29-22(19)26-20(27)14-7-6-8-16(24)11-14/h6-8,11,13,15H,9-10,12H2,1-5H3,(H,25,28)(H,26,27). The number of amides is 2. The summed E-state index contributed by atoms with van der Waals surface area (Å²) in [5, 5.41) is 7.11. The zero-order valence-electron chi connectivity index (χ0n) is 17.7. The van der Waals surface area contributed by atoms with Crippen molar-refractivity contribution in [2.75, 3.05) is 5.32 Å². The van der Waals surface area contributed by atoms with Gasteiger partial charge < -0.3 is 10.6 Å². The molecule has 0 saturated heterocycles. The zero-order valence-corrected chi connectivity index (χ0v) is 19.3. The minimum atomic E-state index is -0.253. The van der Waals surface area contributed by atoms with Crippen LogP contribution in [0.1, 0.15) is 72.2 Å². The van der Waals surface area contributed by atoms with E-state index in [0.717, 1.165) is 24.8 Å². The van der Waals surface area contributed by atoms with Crippen LogP contribution in [-0.2, 0) is 12.8 Å². The van der Waals surface area contributed by atoms with E-state index in [0.29, 0.717) is 27.1 Å². The smallest absolute Gasteiger partial charge is 0.256 e. The Hall–Kier alpha value is -1.85. The first kappa shape index (κ1) is 21.8. The van der Waals surface area contributed by atoms with Crippen LogP contribution in [0.4, 0.5) is 5.00 Å². The Labute approximate surface area is 182 Å². The van der Waals surface area contributed by atoms with Crippen LogP contribution in [0, 0.1) is 11.3 Å². The van der Waals surface area contributed by atoms with E-state index in [4.69, 9.17) is 11.6 Å². The lowest BCUT2D eigenvalue weighted by Crippen LogP contribution is -2.32. The first-order chi connectivity index (χ1) is 13.6. The predicted octanol–water partition coefficient (Wildman–Crippen LogP) is 5.94. The molecule has 0 fully saturated rings. The fourth-order valence-electron chi connectivity index (χ4n) is 3.79. The van der Waals surface area contributed by atoms with Gasteiger partial charge in [-0.25, -0.2) is 0 Å². The van der Waals surface area contributed by atoms with Crippen molar-refractivity contribution in [1.29, 1.82) is 0 Å². The van der Waals surface area contributed by atoms with E-state index < -0.39 is 0 Å². The number of rotatable bonds is 4. The van der Waals surface area contributed by atoms with Gasteiger partial charge in [0.15, 0.2) is 0 Å². The van der Waals surface area contributed by atoms with Crippen molar-refractivity contribution in [3.8, 4) is 0 Å². The summed E-state index contributed by atoms with van der Waals surface area (Å²) in [6, 6.07) is 6.86. The Kier molecular flexibility index (Phi) is 6.39. The summed E-state index contributed by atoms with van der Waals surface area (Å²) in [4.78, 5) is 27.0. The zero-order chi connectivity index (χ0) is 21.3. The molecule has 0 saturated carbocycles. The number of halogens is 1. The molecular formula is C23H29ClN2O2S. The predicted molar refractivity (Wildman–Crippen MR) is 121 cm³/mol. The van der Waals surface area contributed by atoms with Crippen LogP contribution in [0.25, 0.3) is 0 Å². The minimum absolute atomic E-state index is 0.0282. The van der Waals surface area contributed by atoms with Gasteiger partial charge >= 0.3 is 0 Å². The van der Waals surface area contributed by atoms with E-state index in [1.165, 1.54) is 16.2 Å². The molecule has 6 heteroatoms. The van der Waals surface area contributed by atoms with Gasteiger partial charge in [-0.2, -0.15) is 0 Å². The number of nitrogens with one attached hydrogen (secondary N) is 2. The van der Waals surface area contributed by atoms with Gasteiger partial charge in [-0.3, -0.25) is 9.59 Å². The Morgan fingerprint density at radius 3 is 2.55 bits per heavy atom. The maximum atomic E-state index is 13.0. The van der Waals surface area contributed by atoms with Gasteiger partial charge in [0.2, 0.25) is 0 Å². The van der Waals surface area contributed by atoms with Gasteiger partial charge in [-0.15, -0.1) is 11.3 Å². The van der Waals surface area contributed by atoms with Crippen LogP contribution in [0.2, 0.25) is 5.02 Å². The lowest BCUT2D eigenvalue weighted by Gasteiger charge is -2.33. The molecule has 1 aromatic carbocycles. The summed E-state index contributed by atoms with van der Waals surface area (Å²) in [6.07, 6.45) is 2.86. The van der Waals surface area contributed by atoms with E-state index in [1.807, 2.05) is 13.8 Å². The minimum Gasteiger partial charge on any atom is -0.350 e. The fraction of sp³-hybridized carbons (Fsp3) is 0.478. The van der Waals surface area contributed by atoms with Crippen molar-refractivity contribution < 1.29 is 9.59 Å². The second kappa shape index (κ2) is 8.49. The van der Waals surface area contributed by atoms with Crippen LogP contribution < -0.4 is 10.6 Å². The van der Waals surface area contributed by atoms with Crippen LogP contribution >= 0.6 is 22.9 Å². The van der Waals surface area contributed by atoms with Crippen molar-refractivity contribution in [1.82, 2.24) is 5.32 Å². The van der Waals surface area contributed by atoms with E-state index in [9.17, 15) is 9.59 Å². The fourth-order valence-corrected chi connectivity index (χ4v) is 5.30. The molecule has 1 aliphatic rings. The number of thiophene rings is 1. The quantitative estimate of drug-likeness (QED) is 0.627. The summed E-state index contributed by atoms with van der Waals surface area (Å²) in [5.41, 5.74) is 2.41. The number of carbonyl (C=O) groups excluding carboxylic acids is 2. The molecule has 0 bridgehead atoms. The van der Waals surface area contributed by atoms with Gasteiger partial charge in [0.1, 0.15) is 5.00 Å². The number of fused-ring (bicyclic) bond motifs is 1. The maximum absolute atomic E-state index is 13.0. The largest absolute Gasteiger partial charge is 0.350 e. The average Bonchev–Trinajstić information content (AvgIpc) is 2.97. The Bertz CT molecular complexity index is 927. The van der Waals surface area contributed by atoms with Crippen molar-refractivity contribution in [3.63, 3.8) is 0 Å². The summed E-state index contributed by atoms with van der Waals surface area (Å²) in [7, 11) is 0. The molecule has 2 amide bonds. The van der Waals surface area contributed by atoms with E-state index in [1.54, 1.807) is 24.3 Å². The molecule has 2 N–H and O–H groups in total. The van der Waals surface area contributed by atoms with E-state index in [-0.39, 0.29) is 23.3 Å². The highest BCUT2D eigenvalue weighted by molar-refractivity contribution is 7.17. The highest BCUT2D eigenvalue weighted by Crippen LogP contribution is 2.44. The Morgan fingerprint density at radius 1 is 1.21 bits per heavy atom. The van der Waals surface area contributed by atoms with Crippen molar-refractivity contribution in [3.05, 3.63) is 50.9 Å². The Balaban J connectivity index is 1.96.